The van der Waals surface area contributed by atoms with Gasteiger partial charge in [0.2, 0.25) is 0 Å². The summed E-state index contributed by atoms with van der Waals surface area (Å²) in [6.45, 7) is 0. The third kappa shape index (κ3) is 12.0. The Morgan fingerprint density at radius 3 is 0.966 bits per heavy atom. The van der Waals surface area contributed by atoms with Crippen LogP contribution in [0.4, 0.5) is 0 Å². The van der Waals surface area contributed by atoms with Crippen molar-refractivity contribution in [1.82, 2.24) is 0 Å². The molecule has 0 unspecified atom stereocenters. The molecule has 0 saturated carbocycles. The van der Waals surface area contributed by atoms with Crippen molar-refractivity contribution in [3.63, 3.8) is 0 Å². The van der Waals surface area contributed by atoms with E-state index in [2.05, 4.69) is 42.5 Å². The van der Waals surface area contributed by atoms with Crippen molar-refractivity contribution < 1.29 is 85.6 Å². The first-order valence-corrected chi connectivity index (χ1v) is 46.9. The summed E-state index contributed by atoms with van der Waals surface area (Å²) in [5.74, 6) is 0. The Labute approximate surface area is 927 Å². The molecule has 678 valence electrons. The highest BCUT2D eigenvalue weighted by Gasteiger charge is 2.28. The fourth-order valence-electron chi connectivity index (χ4n) is 22.3. The van der Waals surface area contributed by atoms with Crippen molar-refractivity contribution in [3.05, 3.63) is 496 Å². The molecule has 0 aliphatic rings. The number of rotatable bonds is 8. The van der Waals surface area contributed by atoms with E-state index >= 15 is 0 Å². The molecule has 35 aromatic rings. The standard InChI is InChI=1S/C62H34O2.2C42H24/c1-3-13-54-46(11-1)51-31-41(23-29-56(51)63-54)50-33-43(44-25-19-39-17-15-35-7-5-9-37-21-27-48(44)61(39)58(35)37)34-53(60(50)42-24-30-57-52(32-42)47-12-2-4-14-55(47)64-57)45-26-20-40-18-16-36-8-6-10-38-22-28-49(45)62(40)59(36)38;2*1-2-10-33-31(5-1)23-32(34-19-15-29-13-11-25-6-3-8-27-17-21-36(34)41(29)39(25)27)24-38(33)35-20-16-30-14-12-26-7-4-9-28-18-22-37(35)42(30)40(26)28/h1-34H;2*1-24H/i1D,2D,3D,4D,11D,12D,13D,14D,23D,24D,29D,30D,31D,32D;1D,2D,3D,4D,5D,6D,7D,8D,9D,10D,11D,12D,13D,14D,15D,16D,17D,18D,19D,20D,21D,22D,23D,24D;3D,4D,6D,7D,8D,9D,11D,12D,13D,14D,15D,16D,17D,18D,19D,20D,21D,22D. The Morgan fingerprint density at radius 2 is 0.459 bits per heavy atom. The van der Waals surface area contributed by atoms with Gasteiger partial charge in [0, 0.05) is 21.5 Å². The van der Waals surface area contributed by atoms with E-state index in [4.69, 9.17) is 56.8 Å². The number of para-hydroxylation sites is 2. The Morgan fingerprint density at radius 1 is 0.128 bits per heavy atom. The normalized spacial score (nSPS) is 17.6. The van der Waals surface area contributed by atoms with Crippen LogP contribution >= 0.6 is 0 Å². The largest absolute Gasteiger partial charge is 0.456 e. The maximum atomic E-state index is 10.3. The molecule has 148 heavy (non-hydrogen) atoms. The molecule has 0 bridgehead atoms. The predicted molar refractivity (Wildman–Crippen MR) is 635 cm³/mol. The molecule has 2 nitrogen and oxygen atoms in total. The lowest BCUT2D eigenvalue weighted by Crippen LogP contribution is -1.95. The molecule has 2 aromatic heterocycles. The van der Waals surface area contributed by atoms with Gasteiger partial charge in [0.1, 0.15) is 22.3 Å². The Kier molecular flexibility index (Phi) is 9.37. The zero-order valence-corrected chi connectivity index (χ0v) is 75.8. The van der Waals surface area contributed by atoms with E-state index in [9.17, 15) is 28.8 Å². The molecular weight excluding hydrogens is 1790 g/mol. The molecule has 33 aromatic carbocycles. The first-order valence-electron chi connectivity index (χ1n) is 74.9. The highest BCUT2D eigenvalue weighted by molar-refractivity contribution is 6.34. The average Bonchev–Trinajstić information content (AvgIpc) is 1.27. The van der Waals surface area contributed by atoms with E-state index in [0.29, 0.717) is 27.5 Å². The van der Waals surface area contributed by atoms with E-state index in [1.54, 1.807) is 36.4 Å². The summed E-state index contributed by atoms with van der Waals surface area (Å²) >= 11 is 0. The van der Waals surface area contributed by atoms with Crippen LogP contribution in [-0.4, -0.2) is 0 Å². The zero-order valence-electron chi connectivity index (χ0n) is 132. The third-order valence-electron chi connectivity index (χ3n) is 28.7. The van der Waals surface area contributed by atoms with Crippen molar-refractivity contribution >= 4 is 259 Å². The average molecular weight is 1920 g/mol. The maximum absolute atomic E-state index is 10.3. The summed E-state index contributed by atoms with van der Waals surface area (Å²) in [4.78, 5) is 0. The van der Waals surface area contributed by atoms with Crippen molar-refractivity contribution in [2.75, 3.05) is 0 Å². The van der Waals surface area contributed by atoms with E-state index in [0.717, 1.165) is 70.2 Å². The van der Waals surface area contributed by atoms with E-state index < -0.39 is 414 Å². The summed E-state index contributed by atoms with van der Waals surface area (Å²) in [5.41, 5.74) is -1.62. The molecule has 0 N–H and O–H groups in total. The fraction of sp³-hybridized carbons (Fsp3) is 0. The van der Waals surface area contributed by atoms with E-state index in [-0.39, 0.29) is 175 Å². The van der Waals surface area contributed by atoms with Crippen molar-refractivity contribution in [2.24, 2.45) is 0 Å². The number of furan rings is 2. The van der Waals surface area contributed by atoms with Crippen LogP contribution < -0.4 is 0 Å². The van der Waals surface area contributed by atoms with Gasteiger partial charge in [-0.1, -0.05) is 423 Å². The van der Waals surface area contributed by atoms with Gasteiger partial charge in [-0.2, -0.15) is 0 Å². The van der Waals surface area contributed by atoms with Gasteiger partial charge in [0.25, 0.3) is 0 Å². The van der Waals surface area contributed by atoms with Crippen molar-refractivity contribution in [3.8, 4) is 89.0 Å². The summed E-state index contributed by atoms with van der Waals surface area (Å²) in [6, 6.07) is 14.5. The number of fused-ring (bicyclic) bond motifs is 8. The molecule has 0 spiro atoms. The number of benzene rings is 33. The minimum Gasteiger partial charge on any atom is -0.456 e. The van der Waals surface area contributed by atoms with Crippen LogP contribution in [-0.2, 0) is 0 Å². The second-order valence-corrected chi connectivity index (χ2v) is 36.4. The van der Waals surface area contributed by atoms with Gasteiger partial charge in [-0.05, 0) is 377 Å². The molecule has 0 aliphatic carbocycles. The summed E-state index contributed by atoms with van der Waals surface area (Å²) < 4.78 is 522. The monoisotopic (exact) mass is 1920 g/mol. The molecule has 2 heteroatoms. The van der Waals surface area contributed by atoms with Crippen LogP contribution in [0, 0.1) is 0 Å². The lowest BCUT2D eigenvalue weighted by atomic mass is 9.81. The lowest BCUT2D eigenvalue weighted by molar-refractivity contribution is 0.668. The van der Waals surface area contributed by atoms with Gasteiger partial charge in [-0.15, -0.1) is 0 Å². The van der Waals surface area contributed by atoms with E-state index in [1.807, 2.05) is 72.8 Å². The van der Waals surface area contributed by atoms with Crippen molar-refractivity contribution in [2.45, 2.75) is 0 Å². The van der Waals surface area contributed by atoms with Gasteiger partial charge in [-0.3, -0.25) is 0 Å². The van der Waals surface area contributed by atoms with Crippen LogP contribution in [0.2, 0.25) is 0 Å². The minimum absolute atomic E-state index is 0.000288. The fourth-order valence-corrected chi connectivity index (χ4v) is 22.3. The third-order valence-corrected chi connectivity index (χ3v) is 28.7. The Hall–Kier alpha value is -19.4. The van der Waals surface area contributed by atoms with Gasteiger partial charge in [0.05, 0.1) is 76.8 Å². The van der Waals surface area contributed by atoms with Crippen LogP contribution in [0.15, 0.2) is 505 Å². The summed E-state index contributed by atoms with van der Waals surface area (Å²) in [6.07, 6.45) is 0. The second-order valence-electron chi connectivity index (χ2n) is 36.4. The highest BCUT2D eigenvalue weighted by atomic mass is 16.3. The molecule has 0 amide bonds. The maximum Gasteiger partial charge on any atom is 0.135 e. The summed E-state index contributed by atoms with van der Waals surface area (Å²) in [5, 5.41) is 4.59. The van der Waals surface area contributed by atoms with Crippen molar-refractivity contribution in [1.29, 1.82) is 0 Å². The quantitative estimate of drug-likeness (QED) is 0.142. The lowest BCUT2D eigenvalue weighted by Gasteiger charge is -2.22. The molecule has 0 aliphatic heterocycles. The first-order chi connectivity index (χ1) is 96.7. The zero-order chi connectivity index (χ0) is 145. The molecule has 0 radical (unpaired) electrons. The number of hydrogen-bond donors (Lipinski definition) is 0. The molecule has 0 fully saturated rings. The Bertz CT molecular complexity index is 15500. The highest BCUT2D eigenvalue weighted by Crippen LogP contribution is 2.55. The molecule has 2 heterocycles. The smallest absolute Gasteiger partial charge is 0.135 e. The van der Waals surface area contributed by atoms with E-state index in [1.165, 1.54) is 6.07 Å². The topological polar surface area (TPSA) is 26.3 Å². The van der Waals surface area contributed by atoms with Gasteiger partial charge < -0.3 is 8.83 Å². The predicted octanol–water partition coefficient (Wildman–Crippen LogP) is 41.9. The van der Waals surface area contributed by atoms with Crippen LogP contribution in [0.1, 0.15) is 76.8 Å². The number of hydrogen-bond acceptors (Lipinski definition) is 2. The molecular formula is C146H82O2. The van der Waals surface area contributed by atoms with Crippen LogP contribution in [0.25, 0.3) is 348 Å². The SMILES string of the molecule is [2H]c1c([2H])c([2H])c2c(-c3c([2H])c([2H])c4c([2H])c([2H])c5c([2H])c([2H])c([2H])c6c([2H])c([2H])c3c4c56)c([2H])c(-c3c([2H])c([2H])c4c([2H])c([2H])c5c([2H])c([2H])c([2H])c6c([2H])c([2H])c3c4c56)c([2H])c2c1[2H].[2H]c1c([2H])c([2H])c2c(oc3c([2H])c([2H])c(-c4cc(-c5ccc6ccc7cccc8ccc5c6c78)cc(-c5ccc6ccc7cccc8ccc5c6c78)c4-c4c([2H])c([2H])c5oc6c([2H])c([2H])c([2H])c([2H])c6c5c4[2H])c([2H])c32)c1[2H].[2H]c1c([2H])c2c([2H])c([2H])c3c([2H])c([2H])c(-c4cc(-c5c([2H])c([2H])c6c([2H])c([2H])c7c([2H])c([2H])c([2H])c8c([2H])c([2H])c5c6c78)c5ccccc5c4)c4c([2H])c([2H])c(c1[2H])c2c34. The van der Waals surface area contributed by atoms with Crippen LogP contribution in [0.3, 0.4) is 0 Å². The second kappa shape index (κ2) is 31.1. The van der Waals surface area contributed by atoms with Crippen LogP contribution in [0.5, 0.6) is 0 Å². The minimum atomic E-state index is -0.952. The van der Waals surface area contributed by atoms with Gasteiger partial charge in [-0.25, -0.2) is 0 Å². The Balaban J connectivity index is 0.000000122. The van der Waals surface area contributed by atoms with Gasteiger partial charge in [0.15, 0.2) is 0 Å². The van der Waals surface area contributed by atoms with Gasteiger partial charge >= 0.3 is 0 Å². The molecule has 0 saturated heterocycles. The molecule has 0 atom stereocenters. The molecule has 35 rings (SSSR count). The first kappa shape index (κ1) is 44.6. The summed E-state index contributed by atoms with van der Waals surface area (Å²) in [7, 11) is 0.